The zero-order valence-electron chi connectivity index (χ0n) is 18.5. The molecule has 2 unspecified atom stereocenters. The van der Waals surface area contributed by atoms with Crippen molar-refractivity contribution in [3.05, 3.63) is 0 Å². The molecule has 2 aliphatic heterocycles. The molecule has 0 spiro atoms. The fourth-order valence-electron chi connectivity index (χ4n) is 4.48. The van der Waals surface area contributed by atoms with Gasteiger partial charge < -0.3 is 15.4 Å². The third-order valence-electron chi connectivity index (χ3n) is 6.14. The van der Waals surface area contributed by atoms with E-state index in [-0.39, 0.29) is 29.9 Å². The minimum atomic E-state index is -4.12. The van der Waals surface area contributed by atoms with Gasteiger partial charge in [0.05, 0.1) is 19.8 Å². The highest BCUT2D eigenvalue weighted by atomic mass is 127. The van der Waals surface area contributed by atoms with Crippen molar-refractivity contribution in [2.45, 2.75) is 45.3 Å². The summed E-state index contributed by atoms with van der Waals surface area (Å²) >= 11 is 0. The predicted octanol–water partition coefficient (Wildman–Crippen LogP) is 2.79. The smallest absolute Gasteiger partial charge is 0.379 e. The summed E-state index contributed by atoms with van der Waals surface area (Å²) in [7, 11) is 1.74. The maximum atomic E-state index is 12.6. The highest BCUT2D eigenvalue weighted by Crippen LogP contribution is 2.22. The molecule has 178 valence electrons. The molecule has 2 atom stereocenters. The van der Waals surface area contributed by atoms with E-state index < -0.39 is 12.7 Å². The van der Waals surface area contributed by atoms with Gasteiger partial charge in [0.2, 0.25) is 0 Å². The van der Waals surface area contributed by atoms with Gasteiger partial charge >= 0.3 is 6.18 Å². The van der Waals surface area contributed by atoms with Crippen LogP contribution in [0.25, 0.3) is 0 Å². The van der Waals surface area contributed by atoms with Crippen LogP contribution in [0.2, 0.25) is 0 Å². The Labute approximate surface area is 196 Å². The van der Waals surface area contributed by atoms with Crippen molar-refractivity contribution >= 4 is 29.9 Å². The topological polar surface area (TPSA) is 52.1 Å². The Bertz CT molecular complexity index is 499. The molecule has 10 heteroatoms. The van der Waals surface area contributed by atoms with Gasteiger partial charge in [-0.3, -0.25) is 14.8 Å². The first-order valence-corrected chi connectivity index (χ1v) is 10.9. The molecule has 2 aliphatic rings. The molecule has 0 amide bonds. The third kappa shape index (κ3) is 9.44. The second-order valence-electron chi connectivity index (χ2n) is 8.13. The number of halogens is 4. The molecule has 0 radical (unpaired) electrons. The van der Waals surface area contributed by atoms with Crippen molar-refractivity contribution in [1.29, 1.82) is 0 Å². The molecule has 2 rings (SSSR count). The van der Waals surface area contributed by atoms with Crippen molar-refractivity contribution in [2.24, 2.45) is 16.8 Å². The molecule has 2 heterocycles. The minimum Gasteiger partial charge on any atom is -0.379 e. The molecular weight excluding hydrogens is 510 g/mol. The zero-order chi connectivity index (χ0) is 21.3. The van der Waals surface area contributed by atoms with Crippen LogP contribution in [0, 0.1) is 11.8 Å². The van der Waals surface area contributed by atoms with Gasteiger partial charge in [0.1, 0.15) is 0 Å². The molecule has 6 nitrogen and oxygen atoms in total. The average Bonchev–Trinajstić information content (AvgIpc) is 3.13. The SMILES string of the molecule is CCC(CC)C(CNC(=NC)NCC1CCN(CC(F)(F)F)C1)N1CCOCC1.I. The Hall–Kier alpha value is -0.330. The highest BCUT2D eigenvalue weighted by Gasteiger charge is 2.34. The van der Waals surface area contributed by atoms with Crippen LogP contribution in [0.4, 0.5) is 13.2 Å². The molecule has 0 aliphatic carbocycles. The Balaban J connectivity index is 0.00000450. The molecule has 0 saturated carbocycles. The largest absolute Gasteiger partial charge is 0.401 e. The normalized spacial score (nSPS) is 22.8. The van der Waals surface area contributed by atoms with Crippen LogP contribution in [0.15, 0.2) is 4.99 Å². The van der Waals surface area contributed by atoms with E-state index in [1.54, 1.807) is 7.05 Å². The van der Waals surface area contributed by atoms with Crippen molar-refractivity contribution in [2.75, 3.05) is 66.1 Å². The monoisotopic (exact) mass is 549 g/mol. The number of morpholine rings is 1. The summed E-state index contributed by atoms with van der Waals surface area (Å²) in [5.74, 6) is 1.54. The number of nitrogens with zero attached hydrogens (tertiary/aromatic N) is 3. The molecule has 2 fully saturated rings. The Morgan fingerprint density at radius 1 is 1.13 bits per heavy atom. The zero-order valence-corrected chi connectivity index (χ0v) is 20.8. The Kier molecular flexibility index (Phi) is 12.9. The van der Waals surface area contributed by atoms with Crippen molar-refractivity contribution < 1.29 is 17.9 Å². The average molecular weight is 549 g/mol. The molecule has 0 aromatic carbocycles. The van der Waals surface area contributed by atoms with Gasteiger partial charge in [-0.2, -0.15) is 13.2 Å². The summed E-state index contributed by atoms with van der Waals surface area (Å²) in [4.78, 5) is 8.31. The first-order chi connectivity index (χ1) is 13.9. The number of guanidine groups is 1. The van der Waals surface area contributed by atoms with Gasteiger partial charge in [-0.25, -0.2) is 0 Å². The number of hydrogen-bond donors (Lipinski definition) is 2. The van der Waals surface area contributed by atoms with Gasteiger partial charge in [-0.15, -0.1) is 24.0 Å². The van der Waals surface area contributed by atoms with Crippen LogP contribution in [0.1, 0.15) is 33.1 Å². The van der Waals surface area contributed by atoms with E-state index in [0.29, 0.717) is 31.6 Å². The number of aliphatic imine (C=N–C) groups is 1. The number of likely N-dealkylation sites (tertiary alicyclic amines) is 1. The van der Waals surface area contributed by atoms with Crippen LogP contribution >= 0.6 is 24.0 Å². The van der Waals surface area contributed by atoms with Gasteiger partial charge in [0.25, 0.3) is 0 Å². The quantitative estimate of drug-likeness (QED) is 0.263. The van der Waals surface area contributed by atoms with E-state index in [9.17, 15) is 13.2 Å². The molecule has 0 bridgehead atoms. The maximum absolute atomic E-state index is 12.6. The van der Waals surface area contributed by atoms with Gasteiger partial charge in [-0.1, -0.05) is 26.7 Å². The summed E-state index contributed by atoms with van der Waals surface area (Å²) in [6, 6.07) is 0.418. The second-order valence-corrected chi connectivity index (χ2v) is 8.13. The van der Waals surface area contributed by atoms with E-state index in [1.165, 1.54) is 4.90 Å². The molecule has 0 aromatic heterocycles. The number of hydrogen-bond acceptors (Lipinski definition) is 4. The van der Waals surface area contributed by atoms with E-state index in [4.69, 9.17) is 4.74 Å². The highest BCUT2D eigenvalue weighted by molar-refractivity contribution is 14.0. The summed E-state index contributed by atoms with van der Waals surface area (Å²) in [6.45, 7) is 9.55. The van der Waals surface area contributed by atoms with Crippen LogP contribution in [-0.4, -0.2) is 94.1 Å². The fourth-order valence-corrected chi connectivity index (χ4v) is 4.48. The van der Waals surface area contributed by atoms with E-state index >= 15 is 0 Å². The van der Waals surface area contributed by atoms with Crippen LogP contribution in [0.5, 0.6) is 0 Å². The second kappa shape index (κ2) is 13.9. The molecular formula is C20H39F3IN5O. The first kappa shape index (κ1) is 27.7. The number of ether oxygens (including phenoxy) is 1. The maximum Gasteiger partial charge on any atom is 0.401 e. The van der Waals surface area contributed by atoms with Crippen LogP contribution in [0.3, 0.4) is 0 Å². The van der Waals surface area contributed by atoms with Crippen LogP contribution < -0.4 is 10.6 Å². The summed E-state index contributed by atoms with van der Waals surface area (Å²) in [5, 5.41) is 6.77. The third-order valence-corrected chi connectivity index (χ3v) is 6.14. The number of rotatable bonds is 9. The minimum absolute atomic E-state index is 0. The molecule has 2 saturated heterocycles. The lowest BCUT2D eigenvalue weighted by Crippen LogP contribution is -2.53. The Morgan fingerprint density at radius 2 is 1.80 bits per heavy atom. The number of alkyl halides is 3. The van der Waals surface area contributed by atoms with Crippen molar-refractivity contribution in [1.82, 2.24) is 20.4 Å². The molecule has 0 aromatic rings. The fraction of sp³-hybridized carbons (Fsp3) is 0.950. The van der Waals surface area contributed by atoms with Crippen molar-refractivity contribution in [3.8, 4) is 0 Å². The van der Waals surface area contributed by atoms with Gasteiger partial charge in [0.15, 0.2) is 5.96 Å². The summed E-state index contributed by atoms with van der Waals surface area (Å²) in [6.07, 6.45) is -1.08. The standard InChI is InChI=1S/C20H38F3N5O.HI/c1-4-17(5-2)18(28-8-10-29-11-9-28)13-26-19(24-3)25-12-16-6-7-27(14-16)15-20(21,22)23;/h16-18H,4-15H2,1-3H3,(H2,24,25,26);1H. The molecule has 30 heavy (non-hydrogen) atoms. The Morgan fingerprint density at radius 3 is 2.37 bits per heavy atom. The van der Waals surface area contributed by atoms with E-state index in [2.05, 4.69) is 34.4 Å². The lowest BCUT2D eigenvalue weighted by atomic mass is 9.92. The van der Waals surface area contributed by atoms with Crippen molar-refractivity contribution in [3.63, 3.8) is 0 Å². The lowest BCUT2D eigenvalue weighted by Gasteiger charge is -2.39. The molecule has 2 N–H and O–H groups in total. The van der Waals surface area contributed by atoms with Gasteiger partial charge in [0, 0.05) is 45.8 Å². The first-order valence-electron chi connectivity index (χ1n) is 10.9. The van der Waals surface area contributed by atoms with E-state index in [1.807, 2.05) is 0 Å². The lowest BCUT2D eigenvalue weighted by molar-refractivity contribution is -0.143. The van der Waals surface area contributed by atoms with Gasteiger partial charge in [-0.05, 0) is 24.8 Å². The van der Waals surface area contributed by atoms with E-state index in [0.717, 1.165) is 58.1 Å². The number of nitrogens with one attached hydrogen (secondary N) is 2. The summed E-state index contributed by atoms with van der Waals surface area (Å²) in [5.41, 5.74) is 0. The van der Waals surface area contributed by atoms with Crippen LogP contribution in [-0.2, 0) is 4.74 Å². The predicted molar refractivity (Wildman–Crippen MR) is 126 cm³/mol. The summed E-state index contributed by atoms with van der Waals surface area (Å²) < 4.78 is 43.2.